The van der Waals surface area contributed by atoms with Crippen LogP contribution in [0.3, 0.4) is 0 Å². The van der Waals surface area contributed by atoms with E-state index in [1.165, 1.54) is 11.3 Å². The minimum absolute atomic E-state index is 0.305. The molecule has 1 aliphatic heterocycles. The highest BCUT2D eigenvalue weighted by atomic mass is 79.9. The highest BCUT2D eigenvalue weighted by molar-refractivity contribution is 9.10. The van der Waals surface area contributed by atoms with Gasteiger partial charge in [0.1, 0.15) is 4.21 Å². The minimum Gasteiger partial charge on any atom is -0.379 e. The van der Waals surface area contributed by atoms with Crippen molar-refractivity contribution in [3.63, 3.8) is 0 Å². The Kier molecular flexibility index (Phi) is 3.98. The summed E-state index contributed by atoms with van der Waals surface area (Å²) in [5.74, 6) is 0. The molecule has 2 rings (SSSR count). The van der Waals surface area contributed by atoms with E-state index in [1.54, 1.807) is 16.5 Å². The number of hydrogen-bond donors (Lipinski definition) is 1. The lowest BCUT2D eigenvalue weighted by molar-refractivity contribution is 0.0272. The molecule has 1 aromatic rings. The molecule has 1 saturated heterocycles. The maximum atomic E-state index is 12.0. The molecule has 0 aromatic carbocycles. The largest absolute Gasteiger partial charge is 0.379 e. The van der Waals surface area contributed by atoms with Gasteiger partial charge in [0.2, 0.25) is 0 Å². The van der Waals surface area contributed by atoms with E-state index in [0.29, 0.717) is 35.0 Å². The van der Waals surface area contributed by atoms with E-state index in [2.05, 4.69) is 20.8 Å². The second kappa shape index (κ2) is 5.11. The third-order valence-electron chi connectivity index (χ3n) is 2.09. The lowest BCUT2D eigenvalue weighted by Crippen LogP contribution is -2.48. The summed E-state index contributed by atoms with van der Waals surface area (Å²) in [5.41, 5.74) is 0. The molecule has 16 heavy (non-hydrogen) atoms. The molecule has 8 heteroatoms. The van der Waals surface area contributed by atoms with Gasteiger partial charge in [-0.25, -0.2) is 13.4 Å². The first-order valence-electron chi connectivity index (χ1n) is 4.68. The highest BCUT2D eigenvalue weighted by Crippen LogP contribution is 2.27. The number of nitrogens with zero attached hydrogens (tertiary/aromatic N) is 1. The number of hydrazine groups is 1. The summed E-state index contributed by atoms with van der Waals surface area (Å²) in [4.78, 5) is 2.54. The van der Waals surface area contributed by atoms with Gasteiger partial charge in [-0.15, -0.1) is 16.2 Å². The van der Waals surface area contributed by atoms with Crippen molar-refractivity contribution in [3.05, 3.63) is 15.9 Å². The molecule has 0 bridgehead atoms. The Morgan fingerprint density at radius 1 is 1.44 bits per heavy atom. The third-order valence-corrected chi connectivity index (χ3v) is 6.13. The molecule has 1 N–H and O–H groups in total. The van der Waals surface area contributed by atoms with Crippen LogP contribution in [0, 0.1) is 0 Å². The Balaban J connectivity index is 2.11. The van der Waals surface area contributed by atoms with Gasteiger partial charge in [-0.2, -0.15) is 0 Å². The van der Waals surface area contributed by atoms with Crippen molar-refractivity contribution >= 4 is 37.3 Å². The molecule has 90 valence electrons. The molecular weight excluding hydrogens is 316 g/mol. The lowest BCUT2D eigenvalue weighted by Gasteiger charge is -2.26. The van der Waals surface area contributed by atoms with Gasteiger partial charge in [0.15, 0.2) is 0 Å². The van der Waals surface area contributed by atoms with Gasteiger partial charge < -0.3 is 4.74 Å². The van der Waals surface area contributed by atoms with Crippen LogP contribution in [-0.2, 0) is 14.8 Å². The van der Waals surface area contributed by atoms with Gasteiger partial charge in [-0.05, 0) is 27.4 Å². The second-order valence-corrected chi connectivity index (χ2v) is 6.88. The van der Waals surface area contributed by atoms with Crippen LogP contribution < -0.4 is 4.83 Å². The third kappa shape index (κ3) is 2.82. The van der Waals surface area contributed by atoms with E-state index >= 15 is 0 Å². The average molecular weight is 327 g/mol. The number of sulfonamides is 1. The molecule has 0 unspecified atom stereocenters. The van der Waals surface area contributed by atoms with Crippen molar-refractivity contribution in [3.8, 4) is 0 Å². The summed E-state index contributed by atoms with van der Waals surface area (Å²) in [6.45, 7) is 2.24. The Bertz CT molecular complexity index is 454. The maximum absolute atomic E-state index is 12.0. The number of halogens is 1. The van der Waals surface area contributed by atoms with Gasteiger partial charge in [-0.1, -0.05) is 0 Å². The molecule has 1 aliphatic rings. The van der Waals surface area contributed by atoms with Gasteiger partial charge in [0.25, 0.3) is 10.0 Å². The van der Waals surface area contributed by atoms with Crippen molar-refractivity contribution in [2.24, 2.45) is 0 Å². The van der Waals surface area contributed by atoms with Crippen LogP contribution in [0.1, 0.15) is 0 Å². The second-order valence-electron chi connectivity index (χ2n) is 3.25. The first-order valence-corrected chi connectivity index (χ1v) is 7.83. The van der Waals surface area contributed by atoms with Crippen LogP contribution in [0.4, 0.5) is 0 Å². The first-order chi connectivity index (χ1) is 7.59. The normalized spacial score (nSPS) is 18.8. The Labute approximate surface area is 107 Å². The number of hydrogen-bond acceptors (Lipinski definition) is 5. The van der Waals surface area contributed by atoms with E-state index in [9.17, 15) is 8.42 Å². The Hall–Kier alpha value is 0.01000. The molecule has 1 aromatic heterocycles. The number of nitrogens with one attached hydrogen (secondary N) is 1. The van der Waals surface area contributed by atoms with Gasteiger partial charge >= 0.3 is 0 Å². The van der Waals surface area contributed by atoms with E-state index in [1.807, 2.05) is 0 Å². The van der Waals surface area contributed by atoms with Gasteiger partial charge in [0, 0.05) is 17.6 Å². The average Bonchev–Trinajstić information content (AvgIpc) is 2.66. The highest BCUT2D eigenvalue weighted by Gasteiger charge is 2.23. The number of rotatable bonds is 3. The molecular formula is C8H11BrN2O3S2. The maximum Gasteiger partial charge on any atom is 0.264 e. The summed E-state index contributed by atoms with van der Waals surface area (Å²) in [5, 5.41) is 3.39. The topological polar surface area (TPSA) is 58.6 Å². The van der Waals surface area contributed by atoms with Crippen molar-refractivity contribution < 1.29 is 13.2 Å². The summed E-state index contributed by atoms with van der Waals surface area (Å²) in [7, 11) is -3.46. The number of ether oxygens (including phenoxy) is 1. The standard InChI is InChI=1S/C8H11BrN2O3S2/c9-7-1-6-15-8(7)16(12,13)10-11-2-4-14-5-3-11/h1,6,10H,2-5H2. The Morgan fingerprint density at radius 3 is 2.69 bits per heavy atom. The summed E-state index contributed by atoms with van der Waals surface area (Å²) < 4.78 is 30.0. The summed E-state index contributed by atoms with van der Waals surface area (Å²) in [6.07, 6.45) is 0. The Morgan fingerprint density at radius 2 is 2.12 bits per heavy atom. The fourth-order valence-corrected chi connectivity index (χ4v) is 4.79. The van der Waals surface area contributed by atoms with E-state index in [4.69, 9.17) is 4.74 Å². The quantitative estimate of drug-likeness (QED) is 0.901. The predicted octanol–water partition coefficient (Wildman–Crippen LogP) is 1.04. The van der Waals surface area contributed by atoms with Crippen molar-refractivity contribution in [2.45, 2.75) is 4.21 Å². The molecule has 0 atom stereocenters. The van der Waals surface area contributed by atoms with E-state index < -0.39 is 10.0 Å². The number of thiophene rings is 1. The minimum atomic E-state index is -3.46. The zero-order chi connectivity index (χ0) is 11.6. The van der Waals surface area contributed by atoms with Gasteiger partial charge in [-0.3, -0.25) is 0 Å². The van der Waals surface area contributed by atoms with E-state index in [-0.39, 0.29) is 0 Å². The smallest absolute Gasteiger partial charge is 0.264 e. The van der Waals surface area contributed by atoms with Crippen LogP contribution in [0.25, 0.3) is 0 Å². The summed E-state index contributed by atoms with van der Waals surface area (Å²) in [6, 6.07) is 1.72. The summed E-state index contributed by atoms with van der Waals surface area (Å²) >= 11 is 4.40. The fraction of sp³-hybridized carbons (Fsp3) is 0.500. The zero-order valence-corrected chi connectivity index (χ0v) is 11.6. The van der Waals surface area contributed by atoms with Crippen molar-refractivity contribution in [1.82, 2.24) is 9.84 Å². The van der Waals surface area contributed by atoms with Crippen LogP contribution in [0.2, 0.25) is 0 Å². The number of morpholine rings is 1. The van der Waals surface area contributed by atoms with Crippen LogP contribution in [0.5, 0.6) is 0 Å². The molecule has 5 nitrogen and oxygen atoms in total. The molecule has 2 heterocycles. The van der Waals surface area contributed by atoms with Crippen molar-refractivity contribution in [1.29, 1.82) is 0 Å². The molecule has 0 amide bonds. The molecule has 1 fully saturated rings. The van der Waals surface area contributed by atoms with Crippen LogP contribution in [-0.4, -0.2) is 39.7 Å². The first kappa shape index (κ1) is 12.5. The zero-order valence-electron chi connectivity index (χ0n) is 8.35. The SMILES string of the molecule is O=S(=O)(NN1CCOCC1)c1sccc1Br. The van der Waals surface area contributed by atoms with Crippen molar-refractivity contribution in [2.75, 3.05) is 26.3 Å². The monoisotopic (exact) mass is 326 g/mol. The molecule has 0 spiro atoms. The molecule has 0 radical (unpaired) electrons. The van der Waals surface area contributed by atoms with Crippen LogP contribution in [0.15, 0.2) is 20.1 Å². The fourth-order valence-electron chi connectivity index (χ4n) is 1.34. The lowest BCUT2D eigenvalue weighted by atomic mass is 10.5. The predicted molar refractivity (Wildman–Crippen MR) is 64.7 cm³/mol. The molecule has 0 saturated carbocycles. The van der Waals surface area contributed by atoms with Gasteiger partial charge in [0.05, 0.1) is 13.2 Å². The van der Waals surface area contributed by atoms with Crippen LogP contribution >= 0.6 is 27.3 Å². The van der Waals surface area contributed by atoms with E-state index in [0.717, 1.165) is 0 Å². The molecule has 0 aliphatic carbocycles.